The quantitative estimate of drug-likeness (QED) is 0.271. The first-order valence-electron chi connectivity index (χ1n) is 12.0. The first-order chi connectivity index (χ1) is 15.7. The van der Waals surface area contributed by atoms with E-state index in [1.165, 1.54) is 6.08 Å². The molecule has 2 bridgehead atoms. The largest absolute Gasteiger partial charge is 0.461 e. The van der Waals surface area contributed by atoms with Crippen LogP contribution < -0.4 is 0 Å². The Labute approximate surface area is 196 Å². The number of rotatable bonds is 12. The Balaban J connectivity index is 2.01. The summed E-state index contributed by atoms with van der Waals surface area (Å²) in [5.74, 6) is -2.38. The van der Waals surface area contributed by atoms with Crippen molar-refractivity contribution in [2.45, 2.75) is 76.2 Å². The molecule has 3 heterocycles. The predicted octanol–water partition coefficient (Wildman–Crippen LogP) is 2.07. The van der Waals surface area contributed by atoms with Crippen molar-refractivity contribution in [1.82, 2.24) is 9.80 Å². The number of likely N-dealkylation sites (tertiary alicyclic amines) is 1. The van der Waals surface area contributed by atoms with Crippen LogP contribution in [0.1, 0.15) is 52.9 Å². The van der Waals surface area contributed by atoms with Gasteiger partial charge in [-0.25, -0.2) is 0 Å². The van der Waals surface area contributed by atoms with Crippen LogP contribution in [-0.2, 0) is 23.9 Å². The number of nitrogens with zero attached hydrogens (tertiary/aromatic N) is 2. The zero-order valence-electron chi connectivity index (χ0n) is 20.1. The SMILES string of the molecule is C=CCOC(=O)[C@H]1[C@H]2C(=O)N(CCCCCO)C(C(=O)N(CC=C)C(C)C)C23CC[C@]1(C)O3. The van der Waals surface area contributed by atoms with Gasteiger partial charge in [0, 0.05) is 25.7 Å². The topological polar surface area (TPSA) is 96.4 Å². The summed E-state index contributed by atoms with van der Waals surface area (Å²) in [6.07, 6.45) is 6.32. The number of ether oxygens (including phenoxy) is 2. The van der Waals surface area contributed by atoms with Gasteiger partial charge in [-0.3, -0.25) is 14.4 Å². The second kappa shape index (κ2) is 9.97. The van der Waals surface area contributed by atoms with E-state index in [1.807, 2.05) is 20.8 Å². The number of unbranched alkanes of at least 4 members (excludes halogenated alkanes) is 2. The lowest BCUT2D eigenvalue weighted by atomic mass is 9.66. The molecule has 0 saturated carbocycles. The van der Waals surface area contributed by atoms with Gasteiger partial charge in [0.15, 0.2) is 0 Å². The van der Waals surface area contributed by atoms with Crippen molar-refractivity contribution in [3.05, 3.63) is 25.3 Å². The third kappa shape index (κ3) is 4.23. The van der Waals surface area contributed by atoms with E-state index in [4.69, 9.17) is 14.6 Å². The van der Waals surface area contributed by atoms with Gasteiger partial charge in [-0.05, 0) is 52.9 Å². The van der Waals surface area contributed by atoms with Crippen LogP contribution >= 0.6 is 0 Å². The minimum absolute atomic E-state index is 0.0625. The molecular weight excluding hydrogens is 424 g/mol. The Hall–Kier alpha value is -2.19. The fourth-order valence-corrected chi connectivity index (χ4v) is 5.96. The van der Waals surface area contributed by atoms with E-state index in [0.717, 1.165) is 6.42 Å². The average Bonchev–Trinajstić information content (AvgIpc) is 3.33. The highest BCUT2D eigenvalue weighted by Crippen LogP contribution is 2.63. The van der Waals surface area contributed by atoms with Crippen LogP contribution in [0, 0.1) is 11.8 Å². The summed E-state index contributed by atoms with van der Waals surface area (Å²) in [5.41, 5.74) is -1.90. The number of aliphatic hydroxyl groups is 1. The molecule has 2 amide bonds. The fraction of sp³-hybridized carbons (Fsp3) is 0.720. The zero-order chi connectivity index (χ0) is 24.4. The standard InChI is InChI=1S/C25H38N2O6/c1-6-13-26(17(3)4)22(30)20-25-12-11-24(5,33-25)19(23(31)32-16-7-2)18(25)21(29)27(20)14-9-8-10-15-28/h6-7,17-20,28H,1-2,8-16H2,3-5H3/t18-,19+,20?,24-,25?/m0/s1. The average molecular weight is 463 g/mol. The molecule has 1 N–H and O–H groups in total. The van der Waals surface area contributed by atoms with Gasteiger partial charge < -0.3 is 24.4 Å². The molecule has 184 valence electrons. The van der Waals surface area contributed by atoms with Crippen LogP contribution in [0.2, 0.25) is 0 Å². The van der Waals surface area contributed by atoms with Gasteiger partial charge in [-0.1, -0.05) is 18.7 Å². The van der Waals surface area contributed by atoms with Gasteiger partial charge in [-0.15, -0.1) is 6.58 Å². The summed E-state index contributed by atoms with van der Waals surface area (Å²) >= 11 is 0. The van der Waals surface area contributed by atoms with Gasteiger partial charge in [0.25, 0.3) is 0 Å². The summed E-state index contributed by atoms with van der Waals surface area (Å²) in [7, 11) is 0. The molecule has 0 aromatic rings. The molecule has 33 heavy (non-hydrogen) atoms. The zero-order valence-corrected chi connectivity index (χ0v) is 20.1. The number of carbonyl (C=O) groups is 3. The Bertz CT molecular complexity index is 798. The molecule has 3 saturated heterocycles. The van der Waals surface area contributed by atoms with E-state index in [9.17, 15) is 14.4 Å². The van der Waals surface area contributed by atoms with Crippen LogP contribution in [0.15, 0.2) is 25.3 Å². The van der Waals surface area contributed by atoms with E-state index in [-0.39, 0.29) is 31.1 Å². The molecule has 3 rings (SSSR count). The van der Waals surface area contributed by atoms with Gasteiger partial charge in [0.1, 0.15) is 24.2 Å². The molecule has 3 aliphatic heterocycles. The van der Waals surface area contributed by atoms with Crippen molar-refractivity contribution in [1.29, 1.82) is 0 Å². The third-order valence-electron chi connectivity index (χ3n) is 7.40. The monoisotopic (exact) mass is 462 g/mol. The molecule has 3 aliphatic rings. The van der Waals surface area contributed by atoms with Gasteiger partial charge in [0.05, 0.1) is 11.5 Å². The molecule has 0 aromatic heterocycles. The molecular formula is C25H38N2O6. The highest BCUT2D eigenvalue weighted by atomic mass is 16.6. The summed E-state index contributed by atoms with van der Waals surface area (Å²) < 4.78 is 11.9. The van der Waals surface area contributed by atoms with E-state index >= 15 is 0 Å². The summed E-state index contributed by atoms with van der Waals surface area (Å²) in [4.78, 5) is 44.1. The lowest BCUT2D eigenvalue weighted by Gasteiger charge is -2.38. The predicted molar refractivity (Wildman–Crippen MR) is 123 cm³/mol. The minimum Gasteiger partial charge on any atom is -0.461 e. The van der Waals surface area contributed by atoms with Crippen LogP contribution in [0.4, 0.5) is 0 Å². The third-order valence-corrected chi connectivity index (χ3v) is 7.40. The second-order valence-electron chi connectivity index (χ2n) is 9.84. The molecule has 8 heteroatoms. The van der Waals surface area contributed by atoms with Crippen LogP contribution in [0.3, 0.4) is 0 Å². The summed E-state index contributed by atoms with van der Waals surface area (Å²) in [5, 5.41) is 9.13. The number of hydrogen-bond acceptors (Lipinski definition) is 6. The number of hydrogen-bond donors (Lipinski definition) is 1. The Morgan fingerprint density at radius 3 is 2.61 bits per heavy atom. The van der Waals surface area contributed by atoms with Crippen LogP contribution in [0.5, 0.6) is 0 Å². The molecule has 0 aromatic carbocycles. The first kappa shape index (κ1) is 25.4. The van der Waals surface area contributed by atoms with Crippen molar-refractivity contribution >= 4 is 17.8 Å². The van der Waals surface area contributed by atoms with Crippen LogP contribution in [-0.4, -0.2) is 82.3 Å². The van der Waals surface area contributed by atoms with E-state index < -0.39 is 35.0 Å². The van der Waals surface area contributed by atoms with E-state index in [2.05, 4.69) is 13.2 Å². The lowest BCUT2D eigenvalue weighted by molar-refractivity contribution is -0.159. The van der Waals surface area contributed by atoms with Gasteiger partial charge >= 0.3 is 5.97 Å². The van der Waals surface area contributed by atoms with E-state index in [1.54, 1.807) is 15.9 Å². The second-order valence-corrected chi connectivity index (χ2v) is 9.84. The first-order valence-corrected chi connectivity index (χ1v) is 12.0. The maximum atomic E-state index is 13.9. The van der Waals surface area contributed by atoms with E-state index in [0.29, 0.717) is 38.8 Å². The smallest absolute Gasteiger partial charge is 0.313 e. The molecule has 1 spiro atoms. The van der Waals surface area contributed by atoms with Crippen molar-refractivity contribution < 1.29 is 29.0 Å². The number of esters is 1. The lowest BCUT2D eigenvalue weighted by Crippen LogP contribution is -2.57. The van der Waals surface area contributed by atoms with Crippen molar-refractivity contribution in [3.63, 3.8) is 0 Å². The highest BCUT2D eigenvalue weighted by molar-refractivity contribution is 5.98. The number of carbonyl (C=O) groups excluding carboxylic acids is 3. The molecule has 2 unspecified atom stereocenters. The molecule has 0 radical (unpaired) electrons. The van der Waals surface area contributed by atoms with Crippen molar-refractivity contribution in [2.24, 2.45) is 11.8 Å². The maximum Gasteiger partial charge on any atom is 0.313 e. The Kier molecular flexibility index (Phi) is 7.69. The molecule has 8 nitrogen and oxygen atoms in total. The number of fused-ring (bicyclic) bond motifs is 1. The summed E-state index contributed by atoms with van der Waals surface area (Å²) in [6.45, 7) is 14.0. The maximum absolute atomic E-state index is 13.9. The van der Waals surface area contributed by atoms with Crippen LogP contribution in [0.25, 0.3) is 0 Å². The Morgan fingerprint density at radius 1 is 1.27 bits per heavy atom. The van der Waals surface area contributed by atoms with Crippen molar-refractivity contribution in [2.75, 3.05) is 26.3 Å². The Morgan fingerprint density at radius 2 is 2.00 bits per heavy atom. The molecule has 3 fully saturated rings. The van der Waals surface area contributed by atoms with Crippen molar-refractivity contribution in [3.8, 4) is 0 Å². The minimum atomic E-state index is -1.05. The molecule has 0 aliphatic carbocycles. The fourth-order valence-electron chi connectivity index (χ4n) is 5.96. The van der Waals surface area contributed by atoms with Gasteiger partial charge in [0.2, 0.25) is 11.8 Å². The van der Waals surface area contributed by atoms with Gasteiger partial charge in [-0.2, -0.15) is 0 Å². The molecule has 5 atom stereocenters. The highest BCUT2D eigenvalue weighted by Gasteiger charge is 2.78. The normalized spacial score (nSPS) is 32.2. The summed E-state index contributed by atoms with van der Waals surface area (Å²) in [6, 6.07) is -0.884. The number of aliphatic hydroxyl groups excluding tert-OH is 1. The number of amides is 2.